The van der Waals surface area contributed by atoms with Crippen molar-refractivity contribution >= 4 is 5.97 Å². The van der Waals surface area contributed by atoms with Crippen LogP contribution in [0.1, 0.15) is 15.9 Å². The maximum atomic E-state index is 13.5. The molecule has 2 aromatic carbocycles. The zero-order valence-electron chi connectivity index (χ0n) is 10.2. The fraction of sp³-hybridized carbons (Fsp3) is 0.0714. The van der Waals surface area contributed by atoms with Crippen LogP contribution >= 0.6 is 0 Å². The number of carboxylic acid groups (broad SMARTS) is 1. The number of hydrogen-bond acceptors (Lipinski definition) is 1. The van der Waals surface area contributed by atoms with E-state index in [1.54, 1.807) is 0 Å². The highest BCUT2D eigenvalue weighted by Crippen LogP contribution is 2.34. The third-order valence-electron chi connectivity index (χ3n) is 2.81. The van der Waals surface area contributed by atoms with Crippen molar-refractivity contribution in [2.45, 2.75) is 6.18 Å². The summed E-state index contributed by atoms with van der Waals surface area (Å²) in [6.07, 6.45) is -4.86. The van der Waals surface area contributed by atoms with Gasteiger partial charge in [-0.15, -0.1) is 0 Å². The molecule has 0 aliphatic carbocycles. The Morgan fingerprint density at radius 2 is 1.67 bits per heavy atom. The molecule has 21 heavy (non-hydrogen) atoms. The molecule has 7 heteroatoms. The summed E-state index contributed by atoms with van der Waals surface area (Å²) in [5.74, 6) is -4.20. The van der Waals surface area contributed by atoms with E-state index >= 15 is 0 Å². The second-order valence-electron chi connectivity index (χ2n) is 4.16. The summed E-state index contributed by atoms with van der Waals surface area (Å²) >= 11 is 0. The minimum atomic E-state index is -4.86. The van der Waals surface area contributed by atoms with Crippen LogP contribution in [0.2, 0.25) is 0 Å². The van der Waals surface area contributed by atoms with Crippen LogP contribution < -0.4 is 0 Å². The van der Waals surface area contributed by atoms with Crippen LogP contribution in [0.4, 0.5) is 22.0 Å². The lowest BCUT2D eigenvalue weighted by molar-refractivity contribution is -0.139. The molecule has 0 saturated carbocycles. The van der Waals surface area contributed by atoms with Crippen molar-refractivity contribution in [1.29, 1.82) is 0 Å². The highest BCUT2D eigenvalue weighted by atomic mass is 19.4. The van der Waals surface area contributed by atoms with E-state index in [4.69, 9.17) is 5.11 Å². The summed E-state index contributed by atoms with van der Waals surface area (Å²) in [5.41, 5.74) is -2.55. The van der Waals surface area contributed by atoms with E-state index < -0.39 is 34.9 Å². The van der Waals surface area contributed by atoms with Gasteiger partial charge in [-0.25, -0.2) is 13.6 Å². The highest BCUT2D eigenvalue weighted by molar-refractivity contribution is 5.96. The Morgan fingerprint density at radius 1 is 1.00 bits per heavy atom. The molecule has 0 bridgehead atoms. The van der Waals surface area contributed by atoms with E-state index in [0.29, 0.717) is 12.1 Å². The third-order valence-corrected chi connectivity index (χ3v) is 2.81. The van der Waals surface area contributed by atoms with Gasteiger partial charge in [0.15, 0.2) is 0 Å². The Hall–Kier alpha value is -2.44. The lowest BCUT2D eigenvalue weighted by atomic mass is 9.98. The maximum Gasteiger partial charge on any atom is 0.419 e. The molecular weight excluding hydrogens is 295 g/mol. The smallest absolute Gasteiger partial charge is 0.419 e. The first-order valence-electron chi connectivity index (χ1n) is 5.60. The maximum absolute atomic E-state index is 13.5. The molecular formula is C14H7F5O2. The second kappa shape index (κ2) is 5.16. The van der Waals surface area contributed by atoms with Crippen LogP contribution in [0, 0.1) is 11.6 Å². The van der Waals surface area contributed by atoms with Crippen molar-refractivity contribution < 1.29 is 31.9 Å². The summed E-state index contributed by atoms with van der Waals surface area (Å²) in [6, 6.07) is 5.19. The van der Waals surface area contributed by atoms with Gasteiger partial charge in [0.25, 0.3) is 0 Å². The minimum Gasteiger partial charge on any atom is -0.478 e. The molecule has 0 saturated heterocycles. The molecule has 0 aliphatic heterocycles. The van der Waals surface area contributed by atoms with Gasteiger partial charge >= 0.3 is 12.1 Å². The molecule has 2 rings (SSSR count). The third kappa shape index (κ3) is 2.86. The number of alkyl halides is 3. The van der Waals surface area contributed by atoms with Crippen molar-refractivity contribution in [3.8, 4) is 11.1 Å². The molecule has 0 fully saturated rings. The molecule has 2 nitrogen and oxygen atoms in total. The normalized spacial score (nSPS) is 11.5. The Labute approximate surface area is 115 Å². The van der Waals surface area contributed by atoms with Gasteiger partial charge in [-0.05, 0) is 29.3 Å². The number of halogens is 5. The van der Waals surface area contributed by atoms with Gasteiger partial charge in [-0.3, -0.25) is 0 Å². The first-order valence-corrected chi connectivity index (χ1v) is 5.60. The van der Waals surface area contributed by atoms with Crippen LogP contribution in [0.15, 0.2) is 36.4 Å². The fourth-order valence-electron chi connectivity index (χ4n) is 1.89. The topological polar surface area (TPSA) is 37.3 Å². The van der Waals surface area contributed by atoms with Gasteiger partial charge < -0.3 is 5.11 Å². The summed E-state index contributed by atoms with van der Waals surface area (Å²) in [7, 11) is 0. The van der Waals surface area contributed by atoms with Crippen LogP contribution in [0.5, 0.6) is 0 Å². The molecule has 2 aromatic rings. The van der Waals surface area contributed by atoms with Crippen LogP contribution in [-0.4, -0.2) is 11.1 Å². The van der Waals surface area contributed by atoms with Crippen LogP contribution in [0.25, 0.3) is 11.1 Å². The summed E-state index contributed by atoms with van der Waals surface area (Å²) in [5, 5.41) is 8.95. The highest BCUT2D eigenvalue weighted by Gasteiger charge is 2.34. The van der Waals surface area contributed by atoms with E-state index in [2.05, 4.69) is 0 Å². The number of carboxylic acids is 1. The Kier molecular flexibility index (Phi) is 3.67. The SMILES string of the molecule is O=C(O)c1c(F)cccc1-c1ccc(C(F)(F)F)c(F)c1. The number of carbonyl (C=O) groups is 1. The predicted molar refractivity (Wildman–Crippen MR) is 63.8 cm³/mol. The van der Waals surface area contributed by atoms with Gasteiger partial charge in [-0.1, -0.05) is 18.2 Å². The van der Waals surface area contributed by atoms with Crippen molar-refractivity contribution in [2.75, 3.05) is 0 Å². The summed E-state index contributed by atoms with van der Waals surface area (Å²) in [4.78, 5) is 11.0. The van der Waals surface area contributed by atoms with Crippen LogP contribution in [0.3, 0.4) is 0 Å². The van der Waals surface area contributed by atoms with Gasteiger partial charge in [0.2, 0.25) is 0 Å². The van der Waals surface area contributed by atoms with E-state index in [9.17, 15) is 26.7 Å². The zero-order chi connectivity index (χ0) is 15.8. The zero-order valence-corrected chi connectivity index (χ0v) is 10.2. The van der Waals surface area contributed by atoms with Crippen LogP contribution in [-0.2, 0) is 6.18 Å². The number of rotatable bonds is 2. The van der Waals surface area contributed by atoms with Gasteiger partial charge in [0.05, 0.1) is 5.56 Å². The molecule has 0 aliphatic rings. The molecule has 0 aromatic heterocycles. The molecule has 0 spiro atoms. The molecule has 0 radical (unpaired) electrons. The molecule has 0 amide bonds. The Morgan fingerprint density at radius 3 is 2.19 bits per heavy atom. The lowest BCUT2D eigenvalue weighted by Gasteiger charge is -2.11. The quantitative estimate of drug-likeness (QED) is 0.837. The molecule has 0 atom stereocenters. The summed E-state index contributed by atoms with van der Waals surface area (Å²) < 4.78 is 64.4. The number of benzene rings is 2. The summed E-state index contributed by atoms with van der Waals surface area (Å²) in [6.45, 7) is 0. The van der Waals surface area contributed by atoms with E-state index in [0.717, 1.165) is 12.1 Å². The number of aromatic carboxylic acids is 1. The average molecular weight is 302 g/mol. The first-order chi connectivity index (χ1) is 9.71. The molecule has 0 heterocycles. The van der Waals surface area contributed by atoms with Crippen molar-refractivity contribution in [3.05, 3.63) is 59.2 Å². The monoisotopic (exact) mass is 302 g/mol. The van der Waals surface area contributed by atoms with Gasteiger partial charge in [0.1, 0.15) is 17.2 Å². The average Bonchev–Trinajstić information content (AvgIpc) is 2.36. The molecule has 110 valence electrons. The standard InChI is InChI=1S/C14H7F5O2/c15-10-3-1-2-8(12(10)13(20)21)7-4-5-9(11(16)6-7)14(17,18)19/h1-6H,(H,20,21). The second-order valence-corrected chi connectivity index (χ2v) is 4.16. The van der Waals surface area contributed by atoms with Gasteiger partial charge in [0, 0.05) is 0 Å². The largest absolute Gasteiger partial charge is 0.478 e. The Bertz CT molecular complexity index is 707. The van der Waals surface area contributed by atoms with E-state index in [1.165, 1.54) is 12.1 Å². The van der Waals surface area contributed by atoms with Crippen molar-refractivity contribution in [2.24, 2.45) is 0 Å². The molecule has 1 N–H and O–H groups in total. The minimum absolute atomic E-state index is 0.155. The van der Waals surface area contributed by atoms with Gasteiger partial charge in [-0.2, -0.15) is 13.2 Å². The lowest BCUT2D eigenvalue weighted by Crippen LogP contribution is -2.08. The first kappa shape index (κ1) is 15.0. The van der Waals surface area contributed by atoms with Crippen molar-refractivity contribution in [1.82, 2.24) is 0 Å². The fourth-order valence-corrected chi connectivity index (χ4v) is 1.89. The van der Waals surface area contributed by atoms with Crippen molar-refractivity contribution in [3.63, 3.8) is 0 Å². The van der Waals surface area contributed by atoms with E-state index in [1.807, 2.05) is 0 Å². The Balaban J connectivity index is 2.62. The van der Waals surface area contributed by atoms with E-state index in [-0.39, 0.29) is 11.1 Å². The molecule has 0 unspecified atom stereocenters. The predicted octanol–water partition coefficient (Wildman–Crippen LogP) is 4.35. The number of hydrogen-bond donors (Lipinski definition) is 1.